The number of amides is 1. The molecule has 9 heteroatoms. The highest BCUT2D eigenvalue weighted by Crippen LogP contribution is 2.57. The van der Waals surface area contributed by atoms with Crippen molar-refractivity contribution in [2.45, 2.75) is 44.1 Å². The van der Waals surface area contributed by atoms with Gasteiger partial charge in [0.15, 0.2) is 0 Å². The summed E-state index contributed by atoms with van der Waals surface area (Å²) in [4.78, 5) is 15.6. The topological polar surface area (TPSA) is 79.0 Å². The predicted molar refractivity (Wildman–Crippen MR) is 139 cm³/mol. The second-order valence-corrected chi connectivity index (χ2v) is 12.5. The van der Waals surface area contributed by atoms with Gasteiger partial charge in [-0.15, -0.1) is 0 Å². The standard InChI is InChI=1S/C27H36FN3O4S/c1-18-16-27(18,2)25(35-5)23(17-30(3)4)26(32)29-21-11-8-19-7-6-14-31(24(19)15-21)36(33,34)22-12-9-20(28)10-13-22/h8-13,15,18,23,25H,6-7,14,16-17H2,1-5H3,(H,29,32). The fourth-order valence-electron chi connectivity index (χ4n) is 5.44. The van der Waals surface area contributed by atoms with Crippen molar-refractivity contribution in [3.8, 4) is 0 Å². The van der Waals surface area contributed by atoms with Gasteiger partial charge in [-0.3, -0.25) is 9.10 Å². The van der Waals surface area contributed by atoms with Gasteiger partial charge in [-0.05, 0) is 86.7 Å². The van der Waals surface area contributed by atoms with Crippen molar-refractivity contribution >= 4 is 27.3 Å². The average Bonchev–Trinajstić information content (AvgIpc) is 3.44. The SMILES string of the molecule is COC(C(CN(C)C)C(=O)Nc1ccc2c(c1)N(S(=O)(=O)c1ccc(F)cc1)CCC2)C1(C)CC1C. The number of rotatable bonds is 9. The van der Waals surface area contributed by atoms with Crippen molar-refractivity contribution < 1.29 is 22.3 Å². The van der Waals surface area contributed by atoms with Gasteiger partial charge in [0.25, 0.3) is 10.0 Å². The molecule has 2 aromatic carbocycles. The van der Waals surface area contributed by atoms with Crippen LogP contribution >= 0.6 is 0 Å². The van der Waals surface area contributed by atoms with E-state index in [0.29, 0.717) is 36.8 Å². The largest absolute Gasteiger partial charge is 0.380 e. The summed E-state index contributed by atoms with van der Waals surface area (Å²) in [5, 5.41) is 3.03. The van der Waals surface area contributed by atoms with E-state index in [-0.39, 0.29) is 22.3 Å². The lowest BCUT2D eigenvalue weighted by Crippen LogP contribution is -2.45. The third-order valence-electron chi connectivity index (χ3n) is 7.71. The molecule has 1 aliphatic heterocycles. The van der Waals surface area contributed by atoms with Crippen molar-refractivity contribution in [2.75, 3.05) is 43.9 Å². The fourth-order valence-corrected chi connectivity index (χ4v) is 6.97. The zero-order valence-electron chi connectivity index (χ0n) is 21.6. The molecule has 1 aliphatic carbocycles. The Hall–Kier alpha value is -2.49. The number of aryl methyl sites for hydroxylation is 1. The molecule has 0 spiro atoms. The Balaban J connectivity index is 1.62. The van der Waals surface area contributed by atoms with Gasteiger partial charge in [0.1, 0.15) is 5.82 Å². The molecule has 4 unspecified atom stereocenters. The van der Waals surface area contributed by atoms with Gasteiger partial charge in [0.2, 0.25) is 5.91 Å². The van der Waals surface area contributed by atoms with E-state index in [1.807, 2.05) is 31.1 Å². The summed E-state index contributed by atoms with van der Waals surface area (Å²) in [5.74, 6) is -0.558. The van der Waals surface area contributed by atoms with Crippen LogP contribution in [0.25, 0.3) is 0 Å². The van der Waals surface area contributed by atoms with Crippen molar-refractivity contribution in [3.05, 3.63) is 53.8 Å². The van der Waals surface area contributed by atoms with Crippen LogP contribution in [0.4, 0.5) is 15.8 Å². The number of carbonyl (C=O) groups excluding carboxylic acids is 1. The Kier molecular flexibility index (Phi) is 7.46. The predicted octanol–water partition coefficient (Wildman–Crippen LogP) is 4.14. The number of halogens is 1. The molecular weight excluding hydrogens is 481 g/mol. The van der Waals surface area contributed by atoms with E-state index in [9.17, 15) is 17.6 Å². The second-order valence-electron chi connectivity index (χ2n) is 10.6. The lowest BCUT2D eigenvalue weighted by atomic mass is 9.86. The Labute approximate surface area is 213 Å². The van der Waals surface area contributed by atoms with Crippen LogP contribution in [0.3, 0.4) is 0 Å². The molecule has 36 heavy (non-hydrogen) atoms. The van der Waals surface area contributed by atoms with Crippen LogP contribution in [0.2, 0.25) is 0 Å². The average molecular weight is 518 g/mol. The van der Waals surface area contributed by atoms with Crippen molar-refractivity contribution in [3.63, 3.8) is 0 Å². The number of hydrogen-bond acceptors (Lipinski definition) is 5. The van der Waals surface area contributed by atoms with Crippen molar-refractivity contribution in [1.29, 1.82) is 0 Å². The van der Waals surface area contributed by atoms with Gasteiger partial charge in [-0.2, -0.15) is 0 Å². The number of carbonyl (C=O) groups is 1. The first-order valence-electron chi connectivity index (χ1n) is 12.4. The molecule has 0 saturated heterocycles. The molecule has 4 rings (SSSR count). The summed E-state index contributed by atoms with van der Waals surface area (Å²) in [5.41, 5.74) is 1.91. The minimum atomic E-state index is -3.88. The number of benzene rings is 2. The molecule has 7 nitrogen and oxygen atoms in total. The Morgan fingerprint density at radius 1 is 1.25 bits per heavy atom. The van der Waals surface area contributed by atoms with Crippen LogP contribution in [0.1, 0.15) is 32.3 Å². The molecule has 1 fully saturated rings. The normalized spacial score (nSPS) is 23.2. The van der Waals surface area contributed by atoms with Crippen LogP contribution in [-0.4, -0.2) is 59.6 Å². The highest BCUT2D eigenvalue weighted by Gasteiger charge is 2.56. The van der Waals surface area contributed by atoms with Gasteiger partial charge in [0.05, 0.1) is 22.6 Å². The zero-order chi connectivity index (χ0) is 26.3. The van der Waals surface area contributed by atoms with Gasteiger partial charge in [0, 0.05) is 25.9 Å². The highest BCUT2D eigenvalue weighted by atomic mass is 32.2. The fraction of sp³-hybridized carbons (Fsp3) is 0.519. The van der Waals surface area contributed by atoms with Gasteiger partial charge in [-0.1, -0.05) is 19.9 Å². The Bertz CT molecular complexity index is 1220. The van der Waals surface area contributed by atoms with E-state index in [0.717, 1.165) is 30.5 Å². The number of ether oxygens (including phenoxy) is 1. The molecule has 2 aliphatic rings. The van der Waals surface area contributed by atoms with E-state index >= 15 is 0 Å². The van der Waals surface area contributed by atoms with E-state index in [2.05, 4.69) is 19.2 Å². The summed E-state index contributed by atoms with van der Waals surface area (Å²) >= 11 is 0. The summed E-state index contributed by atoms with van der Waals surface area (Å²) in [7, 11) is 1.65. The molecule has 1 amide bonds. The second kappa shape index (κ2) is 10.1. The number of nitrogens with one attached hydrogen (secondary N) is 1. The summed E-state index contributed by atoms with van der Waals surface area (Å²) in [6.07, 6.45) is 2.20. The first-order valence-corrected chi connectivity index (χ1v) is 13.8. The van der Waals surface area contributed by atoms with Crippen LogP contribution < -0.4 is 9.62 Å². The number of sulfonamides is 1. The molecular formula is C27H36FN3O4S. The molecule has 0 aromatic heterocycles. The highest BCUT2D eigenvalue weighted by molar-refractivity contribution is 7.92. The third kappa shape index (κ3) is 5.14. The molecule has 1 N–H and O–H groups in total. The summed E-state index contributed by atoms with van der Waals surface area (Å²) < 4.78 is 47.4. The van der Waals surface area contributed by atoms with E-state index in [1.54, 1.807) is 13.2 Å². The minimum Gasteiger partial charge on any atom is -0.380 e. The van der Waals surface area contributed by atoms with E-state index < -0.39 is 21.8 Å². The maximum absolute atomic E-state index is 13.5. The number of fused-ring (bicyclic) bond motifs is 1. The summed E-state index contributed by atoms with van der Waals surface area (Å²) in [6, 6.07) is 10.3. The minimum absolute atomic E-state index is 0.0342. The molecule has 1 saturated carbocycles. The Morgan fingerprint density at radius 2 is 1.92 bits per heavy atom. The van der Waals surface area contributed by atoms with Crippen molar-refractivity contribution in [1.82, 2.24) is 4.90 Å². The van der Waals surface area contributed by atoms with Gasteiger partial charge >= 0.3 is 0 Å². The van der Waals surface area contributed by atoms with Crippen LogP contribution in [0.15, 0.2) is 47.4 Å². The lowest BCUT2D eigenvalue weighted by Gasteiger charge is -2.33. The Morgan fingerprint density at radius 3 is 2.50 bits per heavy atom. The van der Waals surface area contributed by atoms with Crippen LogP contribution in [0, 0.1) is 23.1 Å². The molecule has 2 aromatic rings. The third-order valence-corrected chi connectivity index (χ3v) is 9.54. The van der Waals surface area contributed by atoms with Gasteiger partial charge in [-0.25, -0.2) is 12.8 Å². The molecule has 4 atom stereocenters. The maximum atomic E-state index is 13.5. The molecule has 1 heterocycles. The van der Waals surface area contributed by atoms with Crippen molar-refractivity contribution in [2.24, 2.45) is 17.3 Å². The maximum Gasteiger partial charge on any atom is 0.264 e. The van der Waals surface area contributed by atoms with Crippen LogP contribution in [0.5, 0.6) is 0 Å². The lowest BCUT2D eigenvalue weighted by molar-refractivity contribution is -0.127. The smallest absolute Gasteiger partial charge is 0.264 e. The molecule has 0 bridgehead atoms. The number of hydrogen-bond donors (Lipinski definition) is 1. The van der Waals surface area contributed by atoms with Gasteiger partial charge < -0.3 is 15.0 Å². The zero-order valence-corrected chi connectivity index (χ0v) is 22.4. The quantitative estimate of drug-likeness (QED) is 0.541. The first-order chi connectivity index (χ1) is 17.0. The van der Waals surface area contributed by atoms with E-state index in [4.69, 9.17) is 4.74 Å². The van der Waals surface area contributed by atoms with Crippen LogP contribution in [-0.2, 0) is 26.0 Å². The number of nitrogens with zero attached hydrogens (tertiary/aromatic N) is 2. The molecule has 196 valence electrons. The monoisotopic (exact) mass is 517 g/mol. The number of anilines is 2. The summed E-state index contributed by atoms with van der Waals surface area (Å²) in [6.45, 7) is 5.19. The first kappa shape index (κ1) is 26.6. The molecule has 0 radical (unpaired) electrons. The van der Waals surface area contributed by atoms with E-state index in [1.165, 1.54) is 16.4 Å². The number of methoxy groups -OCH3 is 1.